The van der Waals surface area contributed by atoms with Crippen LogP contribution in [0.1, 0.15) is 27.7 Å². The molecule has 66 valence electrons. The smallest absolute Gasteiger partial charge is 0.159 e. The molecule has 0 rings (SSSR count). The van der Waals surface area contributed by atoms with Gasteiger partial charge in [0, 0.05) is 11.3 Å². The van der Waals surface area contributed by atoms with Gasteiger partial charge < -0.3 is 10.8 Å². The second-order valence-electron chi connectivity index (χ2n) is 1.88. The summed E-state index contributed by atoms with van der Waals surface area (Å²) in [4.78, 5) is 10.5. The standard InChI is InChI=1S/C6H11NO2.C2H6/c1-4(7)6(3-8)5(2)9;1-2/h8H,3,7H2,1-2H3;1-2H3/b6-4-;. The van der Waals surface area contributed by atoms with Crippen LogP contribution in [-0.2, 0) is 4.79 Å². The minimum absolute atomic E-state index is 0.169. The van der Waals surface area contributed by atoms with E-state index in [1.165, 1.54) is 6.92 Å². The highest BCUT2D eigenvalue weighted by Gasteiger charge is 2.02. The van der Waals surface area contributed by atoms with Crippen LogP contribution in [-0.4, -0.2) is 17.5 Å². The summed E-state index contributed by atoms with van der Waals surface area (Å²) in [7, 11) is 0. The van der Waals surface area contributed by atoms with Gasteiger partial charge in [-0.25, -0.2) is 0 Å². The van der Waals surface area contributed by atoms with Gasteiger partial charge in [0.1, 0.15) is 0 Å². The number of rotatable bonds is 2. The fourth-order valence-corrected chi connectivity index (χ4v) is 0.514. The van der Waals surface area contributed by atoms with E-state index in [0.29, 0.717) is 11.3 Å². The lowest BCUT2D eigenvalue weighted by atomic mass is 10.1. The predicted octanol–water partition coefficient (Wildman–Crippen LogP) is 0.827. The largest absolute Gasteiger partial charge is 0.402 e. The van der Waals surface area contributed by atoms with Crippen LogP contribution in [0, 0.1) is 0 Å². The van der Waals surface area contributed by atoms with Gasteiger partial charge in [0.15, 0.2) is 5.78 Å². The van der Waals surface area contributed by atoms with Gasteiger partial charge in [-0.2, -0.15) is 0 Å². The highest BCUT2D eigenvalue weighted by Crippen LogP contribution is 1.97. The summed E-state index contributed by atoms with van der Waals surface area (Å²) in [5, 5.41) is 8.51. The van der Waals surface area contributed by atoms with Crippen molar-refractivity contribution in [2.75, 3.05) is 6.61 Å². The number of hydrogen-bond acceptors (Lipinski definition) is 3. The van der Waals surface area contributed by atoms with Gasteiger partial charge in [-0.1, -0.05) is 13.8 Å². The Labute approximate surface area is 67.9 Å². The van der Waals surface area contributed by atoms with E-state index in [0.717, 1.165) is 0 Å². The second kappa shape index (κ2) is 7.28. The summed E-state index contributed by atoms with van der Waals surface area (Å²) in [6.45, 7) is 6.70. The number of carbonyl (C=O) groups is 1. The van der Waals surface area contributed by atoms with E-state index in [1.54, 1.807) is 6.92 Å². The van der Waals surface area contributed by atoms with E-state index in [1.807, 2.05) is 13.8 Å². The molecule has 0 aromatic carbocycles. The van der Waals surface area contributed by atoms with E-state index < -0.39 is 0 Å². The van der Waals surface area contributed by atoms with E-state index in [4.69, 9.17) is 10.8 Å². The molecular weight excluding hydrogens is 142 g/mol. The first-order chi connectivity index (χ1) is 5.09. The SMILES string of the molecule is CC.CC(=O)/C(CO)=C(/C)N. The number of allylic oxidation sites excluding steroid dienone is 1. The summed E-state index contributed by atoms with van der Waals surface area (Å²) < 4.78 is 0. The third-order valence-corrected chi connectivity index (χ3v) is 1.06. The molecule has 0 radical (unpaired) electrons. The average molecular weight is 159 g/mol. The van der Waals surface area contributed by atoms with Crippen molar-refractivity contribution in [3.63, 3.8) is 0 Å². The number of ketones is 1. The first-order valence-electron chi connectivity index (χ1n) is 3.66. The van der Waals surface area contributed by atoms with Crippen LogP contribution >= 0.6 is 0 Å². The minimum atomic E-state index is -0.266. The fourth-order valence-electron chi connectivity index (χ4n) is 0.514. The van der Waals surface area contributed by atoms with Crippen LogP contribution in [0.4, 0.5) is 0 Å². The minimum Gasteiger partial charge on any atom is -0.402 e. The number of hydrogen-bond donors (Lipinski definition) is 2. The van der Waals surface area contributed by atoms with Gasteiger partial charge in [0.05, 0.1) is 6.61 Å². The Morgan fingerprint density at radius 2 is 1.73 bits per heavy atom. The second-order valence-corrected chi connectivity index (χ2v) is 1.88. The van der Waals surface area contributed by atoms with Crippen LogP contribution in [0.5, 0.6) is 0 Å². The Balaban J connectivity index is 0. The van der Waals surface area contributed by atoms with Gasteiger partial charge in [0.2, 0.25) is 0 Å². The normalized spacial score (nSPS) is 11.0. The first-order valence-corrected chi connectivity index (χ1v) is 3.66. The van der Waals surface area contributed by atoms with Crippen molar-refractivity contribution >= 4 is 5.78 Å². The quantitative estimate of drug-likeness (QED) is 0.586. The summed E-state index contributed by atoms with van der Waals surface area (Å²) in [5.74, 6) is -0.169. The first kappa shape index (κ1) is 12.8. The van der Waals surface area contributed by atoms with E-state index in [9.17, 15) is 4.79 Å². The Hall–Kier alpha value is -0.830. The molecule has 11 heavy (non-hydrogen) atoms. The van der Waals surface area contributed by atoms with Crippen molar-refractivity contribution < 1.29 is 9.90 Å². The molecule has 0 unspecified atom stereocenters. The molecule has 0 aromatic rings. The molecule has 0 aliphatic carbocycles. The van der Waals surface area contributed by atoms with Crippen molar-refractivity contribution in [2.45, 2.75) is 27.7 Å². The van der Waals surface area contributed by atoms with E-state index in [2.05, 4.69) is 0 Å². The highest BCUT2D eigenvalue weighted by atomic mass is 16.3. The number of carbonyl (C=O) groups excluding carboxylic acids is 1. The molecule has 0 saturated heterocycles. The number of aliphatic hydroxyl groups is 1. The van der Waals surface area contributed by atoms with E-state index in [-0.39, 0.29) is 12.4 Å². The maximum Gasteiger partial charge on any atom is 0.159 e. The number of aliphatic hydroxyl groups excluding tert-OH is 1. The molecule has 0 bridgehead atoms. The maximum absolute atomic E-state index is 10.5. The molecular formula is C8H17NO2. The van der Waals surface area contributed by atoms with Crippen LogP contribution in [0.15, 0.2) is 11.3 Å². The third kappa shape index (κ3) is 5.61. The molecule has 0 saturated carbocycles. The molecule has 3 N–H and O–H groups in total. The topological polar surface area (TPSA) is 63.3 Å². The van der Waals surface area contributed by atoms with E-state index >= 15 is 0 Å². The Kier molecular flexibility index (Phi) is 8.48. The molecule has 0 amide bonds. The third-order valence-electron chi connectivity index (χ3n) is 1.06. The van der Waals surface area contributed by atoms with Crippen molar-refractivity contribution in [2.24, 2.45) is 5.73 Å². The molecule has 0 atom stereocenters. The van der Waals surface area contributed by atoms with Gasteiger partial charge in [0.25, 0.3) is 0 Å². The summed E-state index contributed by atoms with van der Waals surface area (Å²) in [5.41, 5.74) is 5.94. The molecule has 0 aromatic heterocycles. The monoisotopic (exact) mass is 159 g/mol. The molecule has 3 heteroatoms. The molecule has 0 spiro atoms. The summed E-state index contributed by atoms with van der Waals surface area (Å²) >= 11 is 0. The van der Waals surface area contributed by atoms with Crippen LogP contribution in [0.3, 0.4) is 0 Å². The summed E-state index contributed by atoms with van der Waals surface area (Å²) in [6, 6.07) is 0. The fraction of sp³-hybridized carbons (Fsp3) is 0.625. The number of Topliss-reactive ketones (excluding diaryl/α,β-unsaturated/α-hetero) is 1. The molecule has 3 nitrogen and oxygen atoms in total. The van der Waals surface area contributed by atoms with Crippen molar-refractivity contribution in [3.05, 3.63) is 11.3 Å². The summed E-state index contributed by atoms with van der Waals surface area (Å²) in [6.07, 6.45) is 0. The van der Waals surface area contributed by atoms with Crippen molar-refractivity contribution in [1.29, 1.82) is 0 Å². The zero-order valence-electron chi connectivity index (χ0n) is 7.64. The van der Waals surface area contributed by atoms with Crippen molar-refractivity contribution in [3.8, 4) is 0 Å². The number of nitrogens with two attached hydrogens (primary N) is 1. The zero-order valence-corrected chi connectivity index (χ0v) is 7.64. The maximum atomic E-state index is 10.5. The van der Waals surface area contributed by atoms with Crippen LogP contribution in [0.25, 0.3) is 0 Å². The lowest BCUT2D eigenvalue weighted by Gasteiger charge is -1.98. The van der Waals surface area contributed by atoms with Gasteiger partial charge in [-0.05, 0) is 13.8 Å². The van der Waals surface area contributed by atoms with Gasteiger partial charge in [-0.3, -0.25) is 4.79 Å². The van der Waals surface area contributed by atoms with Crippen LogP contribution < -0.4 is 5.73 Å². The van der Waals surface area contributed by atoms with Gasteiger partial charge >= 0.3 is 0 Å². The zero-order chi connectivity index (χ0) is 9.44. The Morgan fingerprint density at radius 3 is 1.73 bits per heavy atom. The average Bonchev–Trinajstić information content (AvgIpc) is 1.91. The van der Waals surface area contributed by atoms with Crippen LogP contribution in [0.2, 0.25) is 0 Å². The molecule has 0 aliphatic rings. The van der Waals surface area contributed by atoms with Gasteiger partial charge in [-0.15, -0.1) is 0 Å². The predicted molar refractivity (Wildman–Crippen MR) is 46.0 cm³/mol. The molecule has 0 aliphatic heterocycles. The Bertz CT molecular complexity index is 146. The lowest BCUT2D eigenvalue weighted by molar-refractivity contribution is -0.114. The molecule has 0 fully saturated rings. The van der Waals surface area contributed by atoms with Crippen molar-refractivity contribution in [1.82, 2.24) is 0 Å². The molecule has 0 heterocycles. The lowest BCUT2D eigenvalue weighted by Crippen LogP contribution is -2.09. The highest BCUT2D eigenvalue weighted by molar-refractivity contribution is 5.94. The Morgan fingerprint density at radius 1 is 1.36 bits per heavy atom.